The fourth-order valence-corrected chi connectivity index (χ4v) is 4.18. The van der Waals surface area contributed by atoms with E-state index in [9.17, 15) is 35.9 Å². The molecule has 0 radical (unpaired) electrons. The van der Waals surface area contributed by atoms with E-state index in [4.69, 9.17) is 4.74 Å². The molecule has 0 aliphatic rings. The molecule has 1 heterocycles. The molecule has 0 bridgehead atoms. The highest BCUT2D eigenvalue weighted by Crippen LogP contribution is 2.36. The van der Waals surface area contributed by atoms with E-state index in [1.54, 1.807) is 11.4 Å². The van der Waals surface area contributed by atoms with Gasteiger partial charge < -0.3 is 10.1 Å². The maximum atomic E-state index is 13.0. The van der Waals surface area contributed by atoms with Gasteiger partial charge in [-0.15, -0.1) is 11.3 Å². The molecule has 0 fully saturated rings. The van der Waals surface area contributed by atoms with E-state index in [2.05, 4.69) is 5.32 Å². The van der Waals surface area contributed by atoms with Crippen LogP contribution >= 0.6 is 11.3 Å². The van der Waals surface area contributed by atoms with Crippen LogP contribution in [0.15, 0.2) is 47.8 Å². The molecule has 4 nitrogen and oxygen atoms in total. The Hall–Kier alpha value is -3.08. The summed E-state index contributed by atoms with van der Waals surface area (Å²) in [5, 5.41) is 5.08. The molecule has 3 rings (SSSR count). The maximum absolute atomic E-state index is 13.0. The average molecular weight is 489 g/mol. The summed E-state index contributed by atoms with van der Waals surface area (Å²) in [7, 11) is 0. The van der Waals surface area contributed by atoms with Gasteiger partial charge in [-0.05, 0) is 46.2 Å². The molecular formula is C22H17F6NO3S. The third kappa shape index (κ3) is 6.25. The number of hydrogen-bond donors (Lipinski definition) is 1. The van der Waals surface area contributed by atoms with Crippen LogP contribution in [0.1, 0.15) is 29.2 Å². The summed E-state index contributed by atoms with van der Waals surface area (Å²) in [6.07, 6.45) is -9.99. The predicted molar refractivity (Wildman–Crippen MR) is 109 cm³/mol. The van der Waals surface area contributed by atoms with Crippen molar-refractivity contribution in [3.8, 4) is 0 Å². The molecule has 0 aliphatic heterocycles. The van der Waals surface area contributed by atoms with Crippen LogP contribution in [0.2, 0.25) is 0 Å². The van der Waals surface area contributed by atoms with E-state index in [1.807, 2.05) is 18.2 Å². The number of carbonyl (C=O) groups is 2. The van der Waals surface area contributed by atoms with Crippen molar-refractivity contribution >= 4 is 33.3 Å². The summed E-state index contributed by atoms with van der Waals surface area (Å²) in [6, 6.07) is 7.15. The van der Waals surface area contributed by atoms with E-state index in [-0.39, 0.29) is 12.5 Å². The topological polar surface area (TPSA) is 55.4 Å². The zero-order chi connectivity index (χ0) is 24.4. The van der Waals surface area contributed by atoms with Gasteiger partial charge in [0.25, 0.3) is 0 Å². The van der Waals surface area contributed by atoms with Crippen LogP contribution in [0.3, 0.4) is 0 Å². The summed E-state index contributed by atoms with van der Waals surface area (Å²) < 4.78 is 84.1. The van der Waals surface area contributed by atoms with Crippen LogP contribution in [0, 0.1) is 0 Å². The molecule has 176 valence electrons. The fourth-order valence-electron chi connectivity index (χ4n) is 3.21. The Bertz CT molecular complexity index is 1140. The van der Waals surface area contributed by atoms with Gasteiger partial charge in [-0.1, -0.05) is 18.2 Å². The van der Waals surface area contributed by atoms with Crippen molar-refractivity contribution in [1.29, 1.82) is 0 Å². The number of rotatable bonds is 6. The Labute approximate surface area is 188 Å². The van der Waals surface area contributed by atoms with Gasteiger partial charge in [0, 0.05) is 18.0 Å². The molecule has 1 aromatic heterocycles. The van der Waals surface area contributed by atoms with E-state index in [0.29, 0.717) is 12.1 Å². The minimum Gasteiger partial charge on any atom is -0.459 e. The maximum Gasteiger partial charge on any atom is 0.416 e. The van der Waals surface area contributed by atoms with Crippen molar-refractivity contribution in [2.45, 2.75) is 38.3 Å². The Morgan fingerprint density at radius 3 is 2.18 bits per heavy atom. The molecule has 3 aromatic rings. The molecule has 0 saturated carbocycles. The number of hydrogen-bond acceptors (Lipinski definition) is 4. The fraction of sp³-hybridized carbons (Fsp3) is 0.273. The summed E-state index contributed by atoms with van der Waals surface area (Å²) in [5.74, 6) is -1.53. The first kappa shape index (κ1) is 24.6. The van der Waals surface area contributed by atoms with Crippen molar-refractivity contribution < 1.29 is 40.7 Å². The van der Waals surface area contributed by atoms with Gasteiger partial charge in [0.2, 0.25) is 5.91 Å². The van der Waals surface area contributed by atoms with Crippen molar-refractivity contribution in [3.05, 3.63) is 70.1 Å². The molecule has 1 atom stereocenters. The van der Waals surface area contributed by atoms with E-state index < -0.39 is 53.6 Å². The molecule has 1 unspecified atom stereocenters. The van der Waals surface area contributed by atoms with E-state index in [0.717, 1.165) is 15.6 Å². The molecule has 0 aliphatic carbocycles. The third-order valence-corrected chi connectivity index (χ3v) is 5.69. The smallest absolute Gasteiger partial charge is 0.416 e. The quantitative estimate of drug-likeness (QED) is 0.356. The largest absolute Gasteiger partial charge is 0.459 e. The van der Waals surface area contributed by atoms with Gasteiger partial charge in [0.05, 0.1) is 11.1 Å². The minimum absolute atomic E-state index is 0.00683. The van der Waals surface area contributed by atoms with Crippen molar-refractivity contribution in [2.24, 2.45) is 0 Å². The second-order valence-electron chi connectivity index (χ2n) is 7.24. The van der Waals surface area contributed by atoms with Crippen LogP contribution < -0.4 is 5.32 Å². The number of carbonyl (C=O) groups excluding carboxylic acids is 2. The van der Waals surface area contributed by atoms with E-state index >= 15 is 0 Å². The standard InChI is InChI=1S/C22H17F6NO3S/c1-12(30)29-18(8-14-11-33-19-5-3-2-4-17(14)19)20(31)32-10-13-6-15(21(23,24)25)9-16(7-13)22(26,27)28/h2-7,9,11,18H,8,10H2,1H3,(H,29,30). The summed E-state index contributed by atoms with van der Waals surface area (Å²) in [6.45, 7) is 0.348. The zero-order valence-corrected chi connectivity index (χ0v) is 17.8. The normalized spacial score (nSPS) is 13.1. The Morgan fingerprint density at radius 1 is 1.00 bits per heavy atom. The van der Waals surface area contributed by atoms with Crippen LogP contribution in [-0.4, -0.2) is 17.9 Å². The molecule has 0 spiro atoms. The number of esters is 1. The molecule has 1 amide bonds. The highest BCUT2D eigenvalue weighted by atomic mass is 32.1. The second-order valence-corrected chi connectivity index (χ2v) is 8.15. The van der Waals surface area contributed by atoms with Gasteiger partial charge in [0.15, 0.2) is 0 Å². The van der Waals surface area contributed by atoms with Crippen LogP contribution in [0.4, 0.5) is 26.3 Å². The van der Waals surface area contributed by atoms with Crippen molar-refractivity contribution in [3.63, 3.8) is 0 Å². The summed E-state index contributed by atoms with van der Waals surface area (Å²) >= 11 is 1.43. The van der Waals surface area contributed by atoms with Crippen molar-refractivity contribution in [2.75, 3.05) is 0 Å². The number of thiophene rings is 1. The van der Waals surface area contributed by atoms with Gasteiger partial charge >= 0.3 is 18.3 Å². The lowest BCUT2D eigenvalue weighted by Crippen LogP contribution is -2.42. The number of ether oxygens (including phenoxy) is 1. The number of amides is 1. The minimum atomic E-state index is -5.02. The lowest BCUT2D eigenvalue weighted by molar-refractivity contribution is -0.149. The van der Waals surface area contributed by atoms with E-state index in [1.165, 1.54) is 18.3 Å². The predicted octanol–water partition coefficient (Wildman–Crippen LogP) is 5.73. The Kier molecular flexibility index (Phi) is 7.01. The van der Waals surface area contributed by atoms with Gasteiger partial charge in [-0.2, -0.15) is 26.3 Å². The first-order valence-electron chi connectivity index (χ1n) is 9.52. The van der Waals surface area contributed by atoms with Crippen LogP contribution in [0.5, 0.6) is 0 Å². The molecule has 1 N–H and O–H groups in total. The number of alkyl halides is 6. The van der Waals surface area contributed by atoms with Crippen LogP contribution in [-0.2, 0) is 39.7 Å². The molecular weight excluding hydrogens is 472 g/mol. The molecule has 2 aromatic carbocycles. The number of benzene rings is 2. The lowest BCUT2D eigenvalue weighted by atomic mass is 10.0. The van der Waals surface area contributed by atoms with Gasteiger partial charge in [-0.25, -0.2) is 4.79 Å². The number of nitrogens with one attached hydrogen (secondary N) is 1. The third-order valence-electron chi connectivity index (χ3n) is 4.68. The molecule has 33 heavy (non-hydrogen) atoms. The second kappa shape index (κ2) is 9.42. The molecule has 11 heteroatoms. The first-order chi connectivity index (χ1) is 15.3. The first-order valence-corrected chi connectivity index (χ1v) is 10.4. The van der Waals surface area contributed by atoms with Crippen molar-refractivity contribution in [1.82, 2.24) is 5.32 Å². The Balaban J connectivity index is 1.81. The monoisotopic (exact) mass is 489 g/mol. The van der Waals surface area contributed by atoms with Gasteiger partial charge in [0.1, 0.15) is 12.6 Å². The zero-order valence-electron chi connectivity index (χ0n) is 17.0. The number of fused-ring (bicyclic) bond motifs is 1. The van der Waals surface area contributed by atoms with Gasteiger partial charge in [-0.3, -0.25) is 4.79 Å². The SMILES string of the molecule is CC(=O)NC(Cc1csc2ccccc12)C(=O)OCc1cc(C(F)(F)F)cc(C(F)(F)F)c1. The average Bonchev–Trinajstić information content (AvgIpc) is 3.12. The Morgan fingerprint density at radius 2 is 1.61 bits per heavy atom. The molecule has 0 saturated heterocycles. The number of halogens is 6. The summed E-state index contributed by atoms with van der Waals surface area (Å²) in [4.78, 5) is 24.2. The highest BCUT2D eigenvalue weighted by molar-refractivity contribution is 7.17. The summed E-state index contributed by atoms with van der Waals surface area (Å²) in [5.41, 5.74) is -2.75. The highest BCUT2D eigenvalue weighted by Gasteiger charge is 2.37. The van der Waals surface area contributed by atoms with Crippen LogP contribution in [0.25, 0.3) is 10.1 Å². The lowest BCUT2D eigenvalue weighted by Gasteiger charge is -2.18.